The molecule has 0 radical (unpaired) electrons. The van der Waals surface area contributed by atoms with Gasteiger partial charge in [-0.15, -0.1) is 0 Å². The fraction of sp³-hybridized carbons (Fsp3) is 0.333. The highest BCUT2D eigenvalue weighted by Gasteiger charge is 2.04. The third-order valence-electron chi connectivity index (χ3n) is 3.58. The molecule has 1 N–H and O–H groups in total. The number of unbranched alkanes of at least 4 members (excludes halogenated alkanes) is 3. The van der Waals surface area contributed by atoms with Crippen molar-refractivity contribution in [2.45, 2.75) is 39.0 Å². The predicted molar refractivity (Wildman–Crippen MR) is 84.5 cm³/mol. The number of hydrogen-bond acceptors (Lipinski definition) is 2. The highest BCUT2D eigenvalue weighted by molar-refractivity contribution is 5.88. The zero-order chi connectivity index (χ0) is 15.1. The minimum absolute atomic E-state index is 0.305. The van der Waals surface area contributed by atoms with E-state index in [9.17, 15) is 4.79 Å². The maximum atomic E-state index is 10.8. The largest absolute Gasteiger partial charge is 0.478 e. The van der Waals surface area contributed by atoms with Crippen LogP contribution in [0.3, 0.4) is 0 Å². The monoisotopic (exact) mass is 283 g/mol. The van der Waals surface area contributed by atoms with Crippen LogP contribution >= 0.6 is 0 Å². The molecule has 0 bridgehead atoms. The lowest BCUT2D eigenvalue weighted by Crippen LogP contribution is -1.95. The van der Waals surface area contributed by atoms with Crippen molar-refractivity contribution >= 4 is 5.97 Å². The number of benzene rings is 1. The number of aromatic nitrogens is 1. The summed E-state index contributed by atoms with van der Waals surface area (Å²) < 4.78 is 0. The Balaban J connectivity index is 1.99. The van der Waals surface area contributed by atoms with Crippen molar-refractivity contribution in [3.05, 3.63) is 53.9 Å². The zero-order valence-corrected chi connectivity index (χ0v) is 12.4. The van der Waals surface area contributed by atoms with Crippen molar-refractivity contribution in [1.29, 1.82) is 0 Å². The first-order valence-corrected chi connectivity index (χ1v) is 7.49. The van der Waals surface area contributed by atoms with Gasteiger partial charge >= 0.3 is 5.97 Å². The predicted octanol–water partition coefficient (Wildman–Crippen LogP) is 4.57. The third kappa shape index (κ3) is 4.42. The molecular weight excluding hydrogens is 262 g/mol. The van der Waals surface area contributed by atoms with Crippen LogP contribution in [0.2, 0.25) is 0 Å². The van der Waals surface area contributed by atoms with Gasteiger partial charge in [0.2, 0.25) is 0 Å². The van der Waals surface area contributed by atoms with E-state index < -0.39 is 5.97 Å². The first-order chi connectivity index (χ1) is 10.2. The second-order valence-electron chi connectivity index (χ2n) is 5.23. The van der Waals surface area contributed by atoms with Gasteiger partial charge in [0.15, 0.2) is 0 Å². The van der Waals surface area contributed by atoms with Gasteiger partial charge in [0, 0.05) is 17.5 Å². The molecule has 3 heteroatoms. The molecule has 0 atom stereocenters. The zero-order valence-electron chi connectivity index (χ0n) is 12.4. The van der Waals surface area contributed by atoms with Gasteiger partial charge in [0.25, 0.3) is 0 Å². The van der Waals surface area contributed by atoms with E-state index in [2.05, 4.69) is 24.0 Å². The summed E-state index contributed by atoms with van der Waals surface area (Å²) in [5.74, 6) is -0.901. The summed E-state index contributed by atoms with van der Waals surface area (Å²) in [6, 6.07) is 11.0. The molecule has 2 aromatic rings. The molecule has 0 saturated heterocycles. The number of carboxylic acid groups (broad SMARTS) is 1. The number of rotatable bonds is 7. The van der Waals surface area contributed by atoms with Gasteiger partial charge in [0.1, 0.15) is 0 Å². The number of carbonyl (C=O) groups is 1. The Hall–Kier alpha value is -2.16. The highest BCUT2D eigenvalue weighted by Crippen LogP contribution is 2.19. The Morgan fingerprint density at radius 2 is 1.71 bits per heavy atom. The van der Waals surface area contributed by atoms with Crippen molar-refractivity contribution < 1.29 is 9.90 Å². The maximum absolute atomic E-state index is 10.8. The summed E-state index contributed by atoms with van der Waals surface area (Å²) in [6.07, 6.45) is 7.87. The Morgan fingerprint density at radius 1 is 1.00 bits per heavy atom. The molecule has 0 aliphatic heterocycles. The average molecular weight is 283 g/mol. The van der Waals surface area contributed by atoms with E-state index in [0.717, 1.165) is 23.2 Å². The lowest BCUT2D eigenvalue weighted by molar-refractivity contribution is 0.0697. The summed E-state index contributed by atoms with van der Waals surface area (Å²) in [6.45, 7) is 2.21. The summed E-state index contributed by atoms with van der Waals surface area (Å²) in [5, 5.41) is 8.89. The molecule has 0 spiro atoms. The number of carboxylic acids is 1. The molecule has 1 aromatic heterocycles. The average Bonchev–Trinajstić information content (AvgIpc) is 2.52. The van der Waals surface area contributed by atoms with Crippen LogP contribution in [0.5, 0.6) is 0 Å². The lowest BCUT2D eigenvalue weighted by Gasteiger charge is -2.04. The Kier molecular flexibility index (Phi) is 5.50. The Morgan fingerprint density at radius 3 is 2.29 bits per heavy atom. The fourth-order valence-corrected chi connectivity index (χ4v) is 2.28. The van der Waals surface area contributed by atoms with Crippen LogP contribution in [0.15, 0.2) is 42.6 Å². The summed E-state index contributed by atoms with van der Waals surface area (Å²) >= 11 is 0. The lowest BCUT2D eigenvalue weighted by atomic mass is 10.0. The molecule has 1 aromatic carbocycles. The Bertz CT molecular complexity index is 573. The molecule has 21 heavy (non-hydrogen) atoms. The minimum Gasteiger partial charge on any atom is -0.478 e. The van der Waals surface area contributed by atoms with Crippen molar-refractivity contribution in [3.8, 4) is 11.1 Å². The van der Waals surface area contributed by atoms with E-state index in [4.69, 9.17) is 5.11 Å². The molecule has 0 aliphatic carbocycles. The van der Waals surface area contributed by atoms with Gasteiger partial charge in [-0.3, -0.25) is 4.98 Å². The van der Waals surface area contributed by atoms with Crippen LogP contribution < -0.4 is 0 Å². The molecule has 2 rings (SSSR count). The second-order valence-corrected chi connectivity index (χ2v) is 5.23. The van der Waals surface area contributed by atoms with Crippen molar-refractivity contribution in [2.24, 2.45) is 0 Å². The summed E-state index contributed by atoms with van der Waals surface area (Å²) in [5.41, 5.74) is 3.44. The van der Waals surface area contributed by atoms with Crippen LogP contribution in [0, 0.1) is 0 Å². The molecule has 0 amide bonds. The van der Waals surface area contributed by atoms with Gasteiger partial charge in [0.05, 0.1) is 5.56 Å². The smallest absolute Gasteiger partial charge is 0.335 e. The standard InChI is InChI=1S/C18H21NO2/c1-2-3-4-5-6-17-12-11-16(13-19-17)14-7-9-15(10-8-14)18(20)21/h7-13H,2-6H2,1H3,(H,20,21). The van der Waals surface area contributed by atoms with Gasteiger partial charge in [-0.2, -0.15) is 0 Å². The number of aryl methyl sites for hydroxylation is 1. The first kappa shape index (κ1) is 15.2. The number of hydrogen-bond donors (Lipinski definition) is 1. The maximum Gasteiger partial charge on any atom is 0.335 e. The van der Waals surface area contributed by atoms with Crippen LogP contribution in [-0.4, -0.2) is 16.1 Å². The third-order valence-corrected chi connectivity index (χ3v) is 3.58. The topological polar surface area (TPSA) is 50.2 Å². The molecular formula is C18H21NO2. The Labute approximate surface area is 125 Å². The molecule has 0 unspecified atom stereocenters. The van der Waals surface area contributed by atoms with Gasteiger partial charge < -0.3 is 5.11 Å². The number of nitrogens with zero attached hydrogens (tertiary/aromatic N) is 1. The summed E-state index contributed by atoms with van der Waals surface area (Å²) in [7, 11) is 0. The quantitative estimate of drug-likeness (QED) is 0.757. The van der Waals surface area contributed by atoms with E-state index in [1.54, 1.807) is 12.1 Å². The molecule has 3 nitrogen and oxygen atoms in total. The normalized spacial score (nSPS) is 10.5. The van der Waals surface area contributed by atoms with Crippen molar-refractivity contribution in [2.75, 3.05) is 0 Å². The van der Waals surface area contributed by atoms with Gasteiger partial charge in [-0.05, 0) is 36.6 Å². The molecule has 0 fully saturated rings. The van der Waals surface area contributed by atoms with E-state index in [0.29, 0.717) is 5.56 Å². The second kappa shape index (κ2) is 7.58. The fourth-order valence-electron chi connectivity index (χ4n) is 2.28. The van der Waals surface area contributed by atoms with Crippen LogP contribution in [0.1, 0.15) is 48.7 Å². The van der Waals surface area contributed by atoms with E-state index in [1.807, 2.05) is 18.3 Å². The van der Waals surface area contributed by atoms with Crippen LogP contribution in [-0.2, 0) is 6.42 Å². The van der Waals surface area contributed by atoms with Crippen LogP contribution in [0.25, 0.3) is 11.1 Å². The molecule has 0 saturated carbocycles. The van der Waals surface area contributed by atoms with Gasteiger partial charge in [-0.1, -0.05) is 44.4 Å². The van der Waals surface area contributed by atoms with Crippen molar-refractivity contribution in [1.82, 2.24) is 4.98 Å². The molecule has 1 heterocycles. The van der Waals surface area contributed by atoms with E-state index in [-0.39, 0.29) is 0 Å². The highest BCUT2D eigenvalue weighted by atomic mass is 16.4. The minimum atomic E-state index is -0.901. The van der Waals surface area contributed by atoms with Crippen LogP contribution in [0.4, 0.5) is 0 Å². The SMILES string of the molecule is CCCCCCc1ccc(-c2ccc(C(=O)O)cc2)cn1. The van der Waals surface area contributed by atoms with E-state index >= 15 is 0 Å². The van der Waals surface area contributed by atoms with Gasteiger partial charge in [-0.25, -0.2) is 4.79 Å². The number of pyridine rings is 1. The summed E-state index contributed by atoms with van der Waals surface area (Å²) in [4.78, 5) is 15.3. The first-order valence-electron chi connectivity index (χ1n) is 7.49. The van der Waals surface area contributed by atoms with Crippen molar-refractivity contribution in [3.63, 3.8) is 0 Å². The van der Waals surface area contributed by atoms with E-state index in [1.165, 1.54) is 25.7 Å². The molecule has 110 valence electrons. The number of aromatic carboxylic acids is 1. The molecule has 0 aliphatic rings.